The van der Waals surface area contributed by atoms with E-state index in [4.69, 9.17) is 15.0 Å². The zero-order chi connectivity index (χ0) is 24.1. The molecule has 0 aliphatic carbocycles. The summed E-state index contributed by atoms with van der Waals surface area (Å²) in [5, 5.41) is 0. The molecule has 6 rings (SSSR count). The van der Waals surface area contributed by atoms with Crippen LogP contribution in [0.3, 0.4) is 0 Å². The average Bonchev–Trinajstić information content (AvgIpc) is 3.62. The maximum Gasteiger partial charge on any atom is 0.0705 e. The quantitative estimate of drug-likeness (QED) is 0.219. The highest BCUT2D eigenvalue weighted by Gasteiger charge is 2.26. The Morgan fingerprint density at radius 3 is 1.69 bits per heavy atom. The molecule has 0 fully saturated rings. The molecule has 1 aromatic carbocycles. The summed E-state index contributed by atoms with van der Waals surface area (Å²) in [6.45, 7) is 0. The Labute approximate surface area is 236 Å². The zero-order valence-electron chi connectivity index (χ0n) is 17.9. The third-order valence-corrected chi connectivity index (χ3v) is 10.1. The van der Waals surface area contributed by atoms with Crippen LogP contribution in [0.15, 0.2) is 141 Å². The van der Waals surface area contributed by atoms with E-state index in [1.165, 1.54) is 0 Å². The number of benzene rings is 1. The van der Waals surface area contributed by atoms with E-state index in [0.717, 1.165) is 70.2 Å². The fourth-order valence-corrected chi connectivity index (χ4v) is 6.61. The predicted molar refractivity (Wildman–Crippen MR) is 159 cm³/mol. The number of halogens is 4. The number of nitrogens with zero attached hydrogens (tertiary/aromatic N) is 4. The Morgan fingerprint density at radius 2 is 1.09 bits per heavy atom. The first kappa shape index (κ1) is 23.2. The molecule has 1 unspecified atom stereocenters. The fraction of sp³-hybridized carbons (Fsp3) is 0.0370. The number of rotatable bonds is 2. The molecule has 0 saturated heterocycles. The van der Waals surface area contributed by atoms with E-state index in [-0.39, 0.29) is 4.83 Å². The zero-order valence-corrected chi connectivity index (χ0v) is 24.2. The van der Waals surface area contributed by atoms with Crippen LogP contribution in [-0.2, 0) is 0 Å². The minimum Gasteiger partial charge on any atom is -0.249 e. The van der Waals surface area contributed by atoms with Crippen LogP contribution in [0.25, 0.3) is 0 Å². The molecule has 4 nitrogen and oxygen atoms in total. The van der Waals surface area contributed by atoms with Gasteiger partial charge in [0.2, 0.25) is 0 Å². The minimum absolute atomic E-state index is 0.0894. The molecule has 0 amide bonds. The van der Waals surface area contributed by atoms with Gasteiger partial charge in [-0.05, 0) is 132 Å². The van der Waals surface area contributed by atoms with Gasteiger partial charge in [-0.1, -0.05) is 22.0 Å². The van der Waals surface area contributed by atoms with Gasteiger partial charge in [0, 0.05) is 13.4 Å². The summed E-state index contributed by atoms with van der Waals surface area (Å²) in [6, 6.07) is 4.12. The van der Waals surface area contributed by atoms with E-state index in [1.54, 1.807) is 0 Å². The van der Waals surface area contributed by atoms with E-state index >= 15 is 0 Å². The van der Waals surface area contributed by atoms with Crippen molar-refractivity contribution in [2.24, 2.45) is 20.0 Å². The number of alkyl halides is 1. The molecular weight excluding hydrogens is 700 g/mol. The van der Waals surface area contributed by atoms with Crippen LogP contribution in [-0.4, -0.2) is 22.8 Å². The average molecular weight is 714 g/mol. The normalized spacial score (nSPS) is 20.5. The molecule has 1 atom stereocenters. The van der Waals surface area contributed by atoms with Crippen LogP contribution in [0.1, 0.15) is 10.4 Å². The van der Waals surface area contributed by atoms with Crippen molar-refractivity contribution < 1.29 is 0 Å². The van der Waals surface area contributed by atoms with Crippen molar-refractivity contribution in [1.29, 1.82) is 0 Å². The smallest absolute Gasteiger partial charge is 0.0705 e. The summed E-state index contributed by atoms with van der Waals surface area (Å²) < 4.78 is 2.93. The van der Waals surface area contributed by atoms with Gasteiger partial charge in [-0.15, -0.1) is 0 Å². The maximum atomic E-state index is 4.94. The molecule has 5 aliphatic heterocycles. The standard InChI is InChI=1S/C27H14Br4N4/c28-23-8-7-21(26(30)27(23)31)25(29)22-12-20-11-18-4-3-16(33-18)9-14-1-2-15(32-14)10-17-5-6-19(34-17)13-24(22)35-20/h1-13,25H. The highest BCUT2D eigenvalue weighted by molar-refractivity contribution is 9.14. The molecule has 5 heterocycles. The Hall–Kier alpha value is -2.26. The first-order valence-electron chi connectivity index (χ1n) is 10.7. The van der Waals surface area contributed by atoms with E-state index in [9.17, 15) is 0 Å². The Bertz CT molecular complexity index is 1570. The number of fused-ring (bicyclic) bond motifs is 4. The highest BCUT2D eigenvalue weighted by Crippen LogP contribution is 2.43. The van der Waals surface area contributed by atoms with Crippen molar-refractivity contribution in [3.63, 3.8) is 0 Å². The second kappa shape index (κ2) is 9.32. The van der Waals surface area contributed by atoms with Crippen molar-refractivity contribution in [2.45, 2.75) is 4.83 Å². The lowest BCUT2D eigenvalue weighted by Crippen LogP contribution is -2.04. The summed E-state index contributed by atoms with van der Waals surface area (Å²) in [5.74, 6) is 0. The van der Waals surface area contributed by atoms with Crippen LogP contribution in [0, 0.1) is 0 Å². The third kappa shape index (κ3) is 4.65. The van der Waals surface area contributed by atoms with Crippen LogP contribution < -0.4 is 0 Å². The number of allylic oxidation sites excluding steroid dienone is 12. The SMILES string of the molecule is Brc1ccc(C(Br)C2=CC3=CC4=NC(=CC5=NC(=CC6=NC(=CC2=N3)C=C6)C=C5)C=C4)c(Br)c1Br. The number of aliphatic imine (C=N–C) groups is 4. The Balaban J connectivity index is 1.47. The van der Waals surface area contributed by atoms with Gasteiger partial charge in [0.25, 0.3) is 0 Å². The lowest BCUT2D eigenvalue weighted by molar-refractivity contribution is 1.18. The third-order valence-electron chi connectivity index (χ3n) is 5.68. The van der Waals surface area contributed by atoms with Crippen LogP contribution in [0.4, 0.5) is 0 Å². The van der Waals surface area contributed by atoms with Gasteiger partial charge in [-0.3, -0.25) is 0 Å². The molecule has 1 aromatic rings. The lowest BCUT2D eigenvalue weighted by Gasteiger charge is -2.16. The second-order valence-electron chi connectivity index (χ2n) is 8.11. The van der Waals surface area contributed by atoms with Gasteiger partial charge < -0.3 is 0 Å². The van der Waals surface area contributed by atoms with Crippen molar-refractivity contribution in [1.82, 2.24) is 0 Å². The van der Waals surface area contributed by atoms with E-state index in [0.29, 0.717) is 0 Å². The first-order chi connectivity index (χ1) is 16.9. The van der Waals surface area contributed by atoms with Crippen LogP contribution >= 0.6 is 63.7 Å². The lowest BCUT2D eigenvalue weighted by atomic mass is 10.0. The molecule has 0 saturated carbocycles. The summed E-state index contributed by atoms with van der Waals surface area (Å²) in [7, 11) is 0. The van der Waals surface area contributed by atoms with Crippen LogP contribution in [0.5, 0.6) is 0 Å². The van der Waals surface area contributed by atoms with Crippen molar-refractivity contribution in [3.8, 4) is 0 Å². The second-order valence-corrected chi connectivity index (χ2v) is 11.5. The molecule has 0 aromatic heterocycles. The van der Waals surface area contributed by atoms with E-state index < -0.39 is 0 Å². The monoisotopic (exact) mass is 710 g/mol. The molecule has 170 valence electrons. The van der Waals surface area contributed by atoms with E-state index in [1.807, 2.05) is 66.8 Å². The van der Waals surface area contributed by atoms with Gasteiger partial charge in [-0.25, -0.2) is 20.0 Å². The fourth-order valence-electron chi connectivity index (χ4n) is 4.03. The van der Waals surface area contributed by atoms with Gasteiger partial charge in [0.05, 0.1) is 50.5 Å². The van der Waals surface area contributed by atoms with E-state index in [2.05, 4.69) is 80.9 Å². The van der Waals surface area contributed by atoms with Crippen molar-refractivity contribution >= 4 is 86.6 Å². The van der Waals surface area contributed by atoms with Gasteiger partial charge in [-0.2, -0.15) is 0 Å². The number of hydrogen-bond donors (Lipinski definition) is 0. The summed E-state index contributed by atoms with van der Waals surface area (Å²) in [6.07, 6.45) is 22.0. The van der Waals surface area contributed by atoms with Crippen LogP contribution in [0.2, 0.25) is 0 Å². The summed E-state index contributed by atoms with van der Waals surface area (Å²) >= 11 is 14.9. The van der Waals surface area contributed by atoms with Gasteiger partial charge >= 0.3 is 0 Å². The largest absolute Gasteiger partial charge is 0.249 e. The Morgan fingerprint density at radius 1 is 0.543 bits per heavy atom. The molecule has 8 bridgehead atoms. The predicted octanol–water partition coefficient (Wildman–Crippen LogP) is 8.37. The molecule has 5 aliphatic rings. The first-order valence-corrected chi connectivity index (χ1v) is 14.0. The molecular formula is C27H14Br4N4. The maximum absolute atomic E-state index is 4.94. The number of hydrogen-bond acceptors (Lipinski definition) is 4. The summed E-state index contributed by atoms with van der Waals surface area (Å²) in [4.78, 5) is 19.0. The van der Waals surface area contributed by atoms with Gasteiger partial charge in [0.15, 0.2) is 0 Å². The Kier molecular flexibility index (Phi) is 6.16. The molecule has 8 heteroatoms. The molecule has 0 spiro atoms. The highest BCUT2D eigenvalue weighted by atomic mass is 79.9. The molecule has 35 heavy (non-hydrogen) atoms. The van der Waals surface area contributed by atoms with Gasteiger partial charge in [0.1, 0.15) is 0 Å². The van der Waals surface area contributed by atoms with Crippen molar-refractivity contribution in [3.05, 3.63) is 126 Å². The topological polar surface area (TPSA) is 49.4 Å². The molecule has 0 radical (unpaired) electrons. The summed E-state index contributed by atoms with van der Waals surface area (Å²) in [5.41, 5.74) is 8.98. The minimum atomic E-state index is -0.0894. The molecule has 0 N–H and O–H groups in total. The van der Waals surface area contributed by atoms with Crippen molar-refractivity contribution in [2.75, 3.05) is 0 Å².